The summed E-state index contributed by atoms with van der Waals surface area (Å²) in [5, 5.41) is 3.18. The first-order valence-corrected chi connectivity index (χ1v) is 8.70. The Kier molecular flexibility index (Phi) is 4.31. The van der Waals surface area contributed by atoms with Crippen LogP contribution in [0.5, 0.6) is 17.2 Å². The Morgan fingerprint density at radius 1 is 1.30 bits per heavy atom. The number of carbonyl (C=O) groups is 2. The van der Waals surface area contributed by atoms with Crippen LogP contribution in [-0.2, 0) is 16.1 Å². The van der Waals surface area contributed by atoms with E-state index in [0.29, 0.717) is 33.5 Å². The maximum Gasteiger partial charge on any atom is 0.254 e. The van der Waals surface area contributed by atoms with Crippen molar-refractivity contribution >= 4 is 29.1 Å². The maximum absolute atomic E-state index is 13.0. The lowest BCUT2D eigenvalue weighted by atomic mass is 10.1. The zero-order chi connectivity index (χ0) is 19.1. The molecule has 1 unspecified atom stereocenters. The van der Waals surface area contributed by atoms with Gasteiger partial charge < -0.3 is 24.4 Å². The minimum Gasteiger partial charge on any atom is -0.497 e. The average molecular weight is 389 g/mol. The molecule has 7 nitrogen and oxygen atoms in total. The van der Waals surface area contributed by atoms with Gasteiger partial charge in [0.1, 0.15) is 11.8 Å². The number of halogens is 1. The number of nitrogens with zero attached hydrogens (tertiary/aromatic N) is 1. The van der Waals surface area contributed by atoms with Crippen LogP contribution in [-0.4, -0.2) is 25.7 Å². The summed E-state index contributed by atoms with van der Waals surface area (Å²) < 4.78 is 16.0. The molecular weight excluding hydrogens is 372 g/mol. The normalized spacial score (nSPS) is 17.1. The van der Waals surface area contributed by atoms with Crippen LogP contribution in [0, 0.1) is 0 Å². The summed E-state index contributed by atoms with van der Waals surface area (Å²) in [6.07, 6.45) is 0. The molecule has 27 heavy (non-hydrogen) atoms. The summed E-state index contributed by atoms with van der Waals surface area (Å²) in [6, 6.07) is 8.02. The first-order chi connectivity index (χ1) is 13.0. The Balaban J connectivity index is 1.71. The van der Waals surface area contributed by atoms with E-state index >= 15 is 0 Å². The zero-order valence-corrected chi connectivity index (χ0v) is 15.5. The lowest BCUT2D eigenvalue weighted by Gasteiger charge is -2.19. The Labute approximate surface area is 160 Å². The molecule has 0 saturated heterocycles. The Hall–Kier alpha value is -2.93. The number of carbonyl (C=O) groups excluding carboxylic acids is 2. The molecule has 2 amide bonds. The van der Waals surface area contributed by atoms with Gasteiger partial charge in [-0.05, 0) is 29.8 Å². The van der Waals surface area contributed by atoms with E-state index in [4.69, 9.17) is 25.8 Å². The number of nitrogens with one attached hydrogen (secondary N) is 1. The molecule has 2 aliphatic heterocycles. The number of ether oxygens (including phenoxy) is 3. The van der Waals surface area contributed by atoms with Crippen molar-refractivity contribution in [1.82, 2.24) is 5.32 Å². The van der Waals surface area contributed by atoms with E-state index in [9.17, 15) is 9.59 Å². The number of methoxy groups -OCH3 is 1. The third-order valence-corrected chi connectivity index (χ3v) is 4.92. The van der Waals surface area contributed by atoms with E-state index in [0.717, 1.165) is 5.56 Å². The number of anilines is 1. The van der Waals surface area contributed by atoms with Crippen LogP contribution in [0.15, 0.2) is 30.3 Å². The van der Waals surface area contributed by atoms with Gasteiger partial charge in [-0.3, -0.25) is 9.59 Å². The van der Waals surface area contributed by atoms with Crippen LogP contribution in [0.4, 0.5) is 5.69 Å². The van der Waals surface area contributed by atoms with Crippen molar-refractivity contribution in [2.24, 2.45) is 0 Å². The molecule has 2 aliphatic rings. The second-order valence-corrected chi connectivity index (χ2v) is 6.69. The minimum absolute atomic E-state index is 0.144. The van der Waals surface area contributed by atoms with E-state index in [1.54, 1.807) is 42.3 Å². The van der Waals surface area contributed by atoms with Crippen molar-refractivity contribution in [3.63, 3.8) is 0 Å². The van der Waals surface area contributed by atoms with Gasteiger partial charge in [-0.2, -0.15) is 0 Å². The van der Waals surface area contributed by atoms with E-state index in [2.05, 4.69) is 5.32 Å². The molecule has 1 atom stereocenters. The van der Waals surface area contributed by atoms with Gasteiger partial charge in [0.25, 0.3) is 5.91 Å². The first kappa shape index (κ1) is 17.5. The zero-order valence-electron chi connectivity index (χ0n) is 14.7. The van der Waals surface area contributed by atoms with E-state index in [1.807, 2.05) is 0 Å². The quantitative estimate of drug-likeness (QED) is 0.871. The van der Waals surface area contributed by atoms with E-state index < -0.39 is 6.04 Å². The Morgan fingerprint density at radius 2 is 2.04 bits per heavy atom. The predicted octanol–water partition coefficient (Wildman–Crippen LogP) is 2.80. The molecule has 0 aliphatic carbocycles. The fourth-order valence-electron chi connectivity index (χ4n) is 3.30. The highest BCUT2D eigenvalue weighted by Gasteiger charge is 2.38. The average Bonchev–Trinajstić information content (AvgIpc) is 3.19. The number of amides is 2. The SMILES string of the molecule is COc1ccc2c(c1)C(NC(C)=O)C(=O)N2Cc1cc2c(cc1Cl)OCO2. The third kappa shape index (κ3) is 3.04. The molecule has 0 bridgehead atoms. The number of rotatable bonds is 4. The molecule has 8 heteroatoms. The standard InChI is InChI=1S/C19H17ClN2O5/c1-10(23)21-18-13-6-12(25-2)3-4-15(13)22(19(18)24)8-11-5-16-17(7-14(11)20)27-9-26-16/h3-7,18H,8-9H2,1-2H3,(H,21,23). The van der Waals surface area contributed by atoms with Crippen LogP contribution in [0.1, 0.15) is 24.1 Å². The van der Waals surface area contributed by atoms with Crippen LogP contribution in [0.2, 0.25) is 5.02 Å². The van der Waals surface area contributed by atoms with Crippen molar-refractivity contribution in [2.45, 2.75) is 19.5 Å². The second-order valence-electron chi connectivity index (χ2n) is 6.28. The molecule has 2 aromatic rings. The van der Waals surface area contributed by atoms with Crippen LogP contribution in [0.25, 0.3) is 0 Å². The highest BCUT2D eigenvalue weighted by Crippen LogP contribution is 2.42. The second kappa shape index (κ2) is 6.66. The van der Waals surface area contributed by atoms with Crippen LogP contribution >= 0.6 is 11.6 Å². The molecule has 4 rings (SSSR count). The molecule has 2 aromatic carbocycles. The summed E-state index contributed by atoms with van der Waals surface area (Å²) in [7, 11) is 1.55. The van der Waals surface area contributed by atoms with E-state index in [1.165, 1.54) is 6.92 Å². The predicted molar refractivity (Wildman–Crippen MR) is 98.3 cm³/mol. The summed E-state index contributed by atoms with van der Waals surface area (Å²) >= 11 is 6.37. The maximum atomic E-state index is 13.0. The van der Waals surface area contributed by atoms with Gasteiger partial charge in [0.15, 0.2) is 11.5 Å². The van der Waals surface area contributed by atoms with Gasteiger partial charge in [-0.15, -0.1) is 0 Å². The fourth-order valence-corrected chi connectivity index (χ4v) is 3.51. The molecule has 0 aromatic heterocycles. The van der Waals surface area contributed by atoms with Gasteiger partial charge in [-0.25, -0.2) is 0 Å². The number of benzene rings is 2. The van der Waals surface area contributed by atoms with Crippen LogP contribution in [0.3, 0.4) is 0 Å². The molecule has 0 spiro atoms. The first-order valence-electron chi connectivity index (χ1n) is 8.32. The number of hydrogen-bond donors (Lipinski definition) is 1. The Bertz CT molecular complexity index is 946. The molecule has 0 saturated carbocycles. The summed E-state index contributed by atoms with van der Waals surface area (Å²) in [5.74, 6) is 1.26. The molecule has 1 N–H and O–H groups in total. The molecular formula is C19H17ClN2O5. The largest absolute Gasteiger partial charge is 0.497 e. The van der Waals surface area contributed by atoms with Crippen molar-refractivity contribution in [2.75, 3.05) is 18.8 Å². The van der Waals surface area contributed by atoms with Crippen molar-refractivity contribution in [3.05, 3.63) is 46.5 Å². The van der Waals surface area contributed by atoms with Crippen molar-refractivity contribution in [3.8, 4) is 17.2 Å². The van der Waals surface area contributed by atoms with Crippen molar-refractivity contribution in [1.29, 1.82) is 0 Å². The van der Waals surface area contributed by atoms with E-state index in [-0.39, 0.29) is 25.2 Å². The highest BCUT2D eigenvalue weighted by molar-refractivity contribution is 6.31. The van der Waals surface area contributed by atoms with Gasteiger partial charge >= 0.3 is 0 Å². The molecule has 2 heterocycles. The fraction of sp³-hybridized carbons (Fsp3) is 0.263. The summed E-state index contributed by atoms with van der Waals surface area (Å²) in [4.78, 5) is 26.2. The lowest BCUT2D eigenvalue weighted by Crippen LogP contribution is -2.36. The third-order valence-electron chi connectivity index (χ3n) is 4.57. The monoisotopic (exact) mass is 388 g/mol. The van der Waals surface area contributed by atoms with Gasteiger partial charge in [0.05, 0.1) is 19.3 Å². The number of hydrogen-bond acceptors (Lipinski definition) is 5. The van der Waals surface area contributed by atoms with Crippen LogP contribution < -0.4 is 24.4 Å². The Morgan fingerprint density at radius 3 is 2.74 bits per heavy atom. The van der Waals surface area contributed by atoms with Gasteiger partial charge in [-0.1, -0.05) is 11.6 Å². The lowest BCUT2D eigenvalue weighted by molar-refractivity contribution is -0.126. The van der Waals surface area contributed by atoms with Gasteiger partial charge in [0.2, 0.25) is 12.7 Å². The summed E-state index contributed by atoms with van der Waals surface area (Å²) in [6.45, 7) is 1.76. The molecule has 140 valence electrons. The molecule has 0 fully saturated rings. The molecule has 0 radical (unpaired) electrons. The van der Waals surface area contributed by atoms with Crippen molar-refractivity contribution < 1.29 is 23.8 Å². The number of fused-ring (bicyclic) bond motifs is 2. The van der Waals surface area contributed by atoms with Gasteiger partial charge in [0, 0.05) is 23.6 Å². The summed E-state index contributed by atoms with van der Waals surface area (Å²) in [5.41, 5.74) is 2.11. The topological polar surface area (TPSA) is 77.1 Å². The highest BCUT2D eigenvalue weighted by atomic mass is 35.5. The smallest absolute Gasteiger partial charge is 0.254 e. The minimum atomic E-state index is -0.764.